The molecule has 0 saturated heterocycles. The molecule has 8 aromatic carbocycles. The van der Waals surface area contributed by atoms with E-state index >= 15 is 0 Å². The van der Waals surface area contributed by atoms with Gasteiger partial charge in [0.2, 0.25) is 0 Å². The molecule has 0 fully saturated rings. The molecule has 0 atom stereocenters. The summed E-state index contributed by atoms with van der Waals surface area (Å²) in [6, 6.07) is 65.1. The molecule has 2 aromatic heterocycles. The molecule has 0 unspecified atom stereocenters. The fourth-order valence-electron chi connectivity index (χ4n) is 9.95. The van der Waals surface area contributed by atoms with Crippen LogP contribution in [-0.4, -0.2) is 13.6 Å². The molecule has 0 N–H and O–H groups in total. The van der Waals surface area contributed by atoms with Gasteiger partial charge in [0, 0.05) is 10.8 Å². The van der Waals surface area contributed by atoms with E-state index in [-0.39, 0.29) is 6.71 Å². The molecule has 306 valence electrons. The van der Waals surface area contributed by atoms with Crippen molar-refractivity contribution in [3.05, 3.63) is 235 Å². The maximum atomic E-state index is 6.53. The third kappa shape index (κ3) is 7.34. The van der Waals surface area contributed by atoms with E-state index in [2.05, 4.69) is 227 Å². The van der Waals surface area contributed by atoms with Crippen molar-refractivity contribution in [3.63, 3.8) is 0 Å². The minimum absolute atomic E-state index is 0.114. The van der Waals surface area contributed by atoms with E-state index in [0.717, 1.165) is 33.1 Å². The minimum atomic E-state index is 0.114. The van der Waals surface area contributed by atoms with Crippen molar-refractivity contribution in [1.82, 2.24) is 0 Å². The van der Waals surface area contributed by atoms with Crippen molar-refractivity contribution in [2.24, 2.45) is 0 Å². The Labute approximate surface area is 383 Å². The monoisotopic (exact) mass is 828 g/mol. The number of fused-ring (bicyclic) bond motifs is 6. The number of aryl methyl sites for hydroxylation is 2. The Bertz CT molecular complexity index is 3550. The Hall–Kier alpha value is -7.74. The summed E-state index contributed by atoms with van der Waals surface area (Å²) in [6.45, 7) is 12.7. The number of furan rings is 1. The number of hydrogen-bond acceptors (Lipinski definition) is 1. The Morgan fingerprint density at radius 2 is 1.09 bits per heavy atom. The van der Waals surface area contributed by atoms with E-state index < -0.39 is 0 Å². The summed E-state index contributed by atoms with van der Waals surface area (Å²) < 4.78 is 6.53. The number of allylic oxidation sites excluding steroid dienone is 5. The summed E-state index contributed by atoms with van der Waals surface area (Å²) in [5, 5.41) is 2.26. The molecular weight excluding hydrogens is 782 g/mol. The zero-order valence-electron chi connectivity index (χ0n) is 37.0. The molecule has 3 heteroatoms. The molecule has 1 aliphatic heterocycles. The molecule has 0 bridgehead atoms. The van der Waals surface area contributed by atoms with Crippen LogP contribution in [0.5, 0.6) is 0 Å². The summed E-state index contributed by atoms with van der Waals surface area (Å²) in [5.41, 5.74) is 25.2. The molecule has 0 amide bonds. The van der Waals surface area contributed by atoms with Crippen LogP contribution in [0, 0.1) is 13.8 Å². The van der Waals surface area contributed by atoms with Gasteiger partial charge in [-0.2, -0.15) is 0 Å². The molecule has 0 aliphatic carbocycles. The van der Waals surface area contributed by atoms with Crippen LogP contribution in [0.2, 0.25) is 0 Å². The third-order valence-corrected chi connectivity index (χ3v) is 13.4. The number of rotatable bonds is 9. The molecule has 0 saturated carbocycles. The van der Waals surface area contributed by atoms with Gasteiger partial charge in [-0.25, -0.2) is 0 Å². The van der Waals surface area contributed by atoms with Gasteiger partial charge < -0.3 is 4.42 Å². The van der Waals surface area contributed by atoms with Crippen LogP contribution in [0.15, 0.2) is 223 Å². The molecule has 11 rings (SSSR count). The first kappa shape index (κ1) is 40.1. The van der Waals surface area contributed by atoms with Crippen LogP contribution in [0.25, 0.3) is 94.3 Å². The van der Waals surface area contributed by atoms with Gasteiger partial charge in [-0.3, -0.25) is 0 Å². The average Bonchev–Trinajstić information content (AvgIpc) is 3.89. The quantitative estimate of drug-likeness (QED) is 0.104. The van der Waals surface area contributed by atoms with E-state index in [9.17, 15) is 0 Å². The van der Waals surface area contributed by atoms with Gasteiger partial charge in [-0.15, -0.1) is 0 Å². The fraction of sp³-hybridized carbons (Fsp3) is 0.0484. The predicted octanol–water partition coefficient (Wildman–Crippen LogP) is 14.5. The van der Waals surface area contributed by atoms with E-state index in [1.807, 2.05) is 19.1 Å². The second kappa shape index (κ2) is 16.8. The van der Waals surface area contributed by atoms with Gasteiger partial charge in [0.15, 0.2) is 0 Å². The normalized spacial score (nSPS) is 12.2. The number of benzene rings is 8. The van der Waals surface area contributed by atoms with Crippen LogP contribution in [-0.2, 0) is 0 Å². The molecule has 65 heavy (non-hydrogen) atoms. The molecule has 1 aliphatic rings. The second-order valence-corrected chi connectivity index (χ2v) is 17.3. The summed E-state index contributed by atoms with van der Waals surface area (Å²) in [4.78, 5) is 0. The average molecular weight is 829 g/mol. The van der Waals surface area contributed by atoms with Crippen molar-refractivity contribution < 1.29 is 4.42 Å². The van der Waals surface area contributed by atoms with Gasteiger partial charge in [-0.1, -0.05) is 79.4 Å². The van der Waals surface area contributed by atoms with Crippen molar-refractivity contribution in [2.45, 2.75) is 20.8 Å². The van der Waals surface area contributed by atoms with Gasteiger partial charge in [0.05, 0.1) is 0 Å². The van der Waals surface area contributed by atoms with Gasteiger partial charge in [-0.05, 0) is 113 Å². The molecule has 3 heterocycles. The minimum Gasteiger partial charge on any atom is -0.0581 e. The smallest absolute Gasteiger partial charge is 0.0581 e. The van der Waals surface area contributed by atoms with Gasteiger partial charge in [0.1, 0.15) is 11.2 Å². The Morgan fingerprint density at radius 1 is 0.508 bits per heavy atom. The van der Waals surface area contributed by atoms with Gasteiger partial charge >= 0.3 is 166 Å². The first-order chi connectivity index (χ1) is 31.9. The zero-order valence-corrected chi connectivity index (χ0v) is 37.0. The molecule has 0 radical (unpaired) electrons. The van der Waals surface area contributed by atoms with E-state index in [1.54, 1.807) is 0 Å². The van der Waals surface area contributed by atoms with E-state index in [4.69, 9.17) is 4.42 Å². The van der Waals surface area contributed by atoms with Crippen LogP contribution in [0.3, 0.4) is 0 Å². The Kier molecular flexibility index (Phi) is 10.3. The van der Waals surface area contributed by atoms with E-state index in [0.29, 0.717) is 0 Å². The number of hydrogen-bond donors (Lipinski definition) is 0. The first-order valence-electron chi connectivity index (χ1n) is 22.6. The van der Waals surface area contributed by atoms with Crippen molar-refractivity contribution >= 4 is 57.5 Å². The van der Waals surface area contributed by atoms with Crippen LogP contribution < -0.4 is 16.4 Å². The molecular formula is C62H46B2O. The molecule has 10 aromatic rings. The van der Waals surface area contributed by atoms with Crippen LogP contribution in [0.4, 0.5) is 0 Å². The van der Waals surface area contributed by atoms with Gasteiger partial charge in [0.25, 0.3) is 0 Å². The van der Waals surface area contributed by atoms with E-state index in [1.165, 1.54) is 94.3 Å². The van der Waals surface area contributed by atoms with Crippen LogP contribution in [0.1, 0.15) is 23.6 Å². The van der Waals surface area contributed by atoms with Crippen molar-refractivity contribution in [3.8, 4) is 66.8 Å². The van der Waals surface area contributed by atoms with Crippen molar-refractivity contribution in [1.29, 1.82) is 0 Å². The van der Waals surface area contributed by atoms with Crippen LogP contribution >= 0.6 is 0 Å². The first-order valence-corrected chi connectivity index (χ1v) is 22.6. The topological polar surface area (TPSA) is 13.1 Å². The summed E-state index contributed by atoms with van der Waals surface area (Å²) >= 11 is 0. The third-order valence-electron chi connectivity index (χ3n) is 13.4. The standard InChI is InChI=1S/C62H46B2O/c1-5-7-13-42(6-2)43-14-10-15-44(32-43)47-23-21-40(3)54(34-47)55-35-48(24-22-41(55)4)50-26-29-61-57(37-50)58-38-52(27-30-62(58)65-61)64-59-20-9-8-19-53(59)56-36-49(25-28-60(56)64)45-16-11-17-46(33-45)51-18-12-31-63-39-51/h5-39H,2H2,1,3-4H3/b7-5-,42-13+. The fourth-order valence-corrected chi connectivity index (χ4v) is 9.95. The summed E-state index contributed by atoms with van der Waals surface area (Å²) in [6.07, 6.45) is 8.14. The zero-order chi connectivity index (χ0) is 44.0. The second-order valence-electron chi connectivity index (χ2n) is 17.3. The SMILES string of the molecule is C=C/C(=C\C=C/C)c1cccc(-c2ccc(C)c(-c3cc(-c4ccc5oc6ccc(B7c8ccccc8-c8cc(-c9cccc(-c%10cbccc%10)c9)ccc87)cc6c5c4)ccc3C)c2)c1. The summed E-state index contributed by atoms with van der Waals surface area (Å²) in [5.74, 6) is 4.25. The maximum absolute atomic E-state index is 6.53. The predicted molar refractivity (Wildman–Crippen MR) is 281 cm³/mol. The van der Waals surface area contributed by atoms with Crippen molar-refractivity contribution in [2.75, 3.05) is 0 Å². The Balaban J connectivity index is 0.949. The summed E-state index contributed by atoms with van der Waals surface area (Å²) in [7, 11) is 0. The molecule has 1 nitrogen and oxygen atoms in total. The Morgan fingerprint density at radius 3 is 1.82 bits per heavy atom. The molecule has 0 spiro atoms.